The Balaban J connectivity index is 2.12. The molecular formula is C19H18N6O3. The molecule has 28 heavy (non-hydrogen) atoms. The number of azide groups is 1. The lowest BCUT2D eigenvalue weighted by Crippen LogP contribution is -2.48. The van der Waals surface area contributed by atoms with E-state index in [-0.39, 0.29) is 25.3 Å². The molecule has 0 heterocycles. The van der Waals surface area contributed by atoms with Gasteiger partial charge in [0.1, 0.15) is 18.3 Å². The highest BCUT2D eigenvalue weighted by atomic mass is 16.3. The fraction of sp³-hybridized carbons (Fsp3) is 0.211. The third-order valence-corrected chi connectivity index (χ3v) is 3.87. The van der Waals surface area contributed by atoms with E-state index in [4.69, 9.17) is 10.8 Å². The number of hydrogen-bond acceptors (Lipinski definition) is 5. The average molecular weight is 378 g/mol. The summed E-state index contributed by atoms with van der Waals surface area (Å²) in [6.45, 7) is 0.00727. The van der Waals surface area contributed by atoms with E-state index in [9.17, 15) is 14.7 Å². The fourth-order valence-electron chi connectivity index (χ4n) is 2.44. The monoisotopic (exact) mass is 378 g/mol. The Morgan fingerprint density at radius 3 is 2.39 bits per heavy atom. The Morgan fingerprint density at radius 2 is 1.79 bits per heavy atom. The molecule has 0 saturated heterocycles. The Kier molecular flexibility index (Phi) is 7.40. The summed E-state index contributed by atoms with van der Waals surface area (Å²) in [6, 6.07) is 13.7. The lowest BCUT2D eigenvalue weighted by molar-refractivity contribution is -0.122. The highest BCUT2D eigenvalue weighted by molar-refractivity contribution is 5.97. The van der Waals surface area contributed by atoms with Crippen molar-refractivity contribution in [2.45, 2.75) is 19.0 Å². The molecule has 0 aliphatic heterocycles. The molecule has 0 aliphatic rings. The van der Waals surface area contributed by atoms with E-state index in [0.29, 0.717) is 5.56 Å². The van der Waals surface area contributed by atoms with Gasteiger partial charge in [0.15, 0.2) is 0 Å². The van der Waals surface area contributed by atoms with Gasteiger partial charge in [-0.2, -0.15) is 5.26 Å². The maximum atomic E-state index is 12.5. The van der Waals surface area contributed by atoms with E-state index in [0.717, 1.165) is 11.1 Å². The van der Waals surface area contributed by atoms with E-state index in [2.05, 4.69) is 20.7 Å². The van der Waals surface area contributed by atoms with Crippen LogP contribution >= 0.6 is 0 Å². The summed E-state index contributed by atoms with van der Waals surface area (Å²) >= 11 is 0. The van der Waals surface area contributed by atoms with Crippen LogP contribution in [0.25, 0.3) is 10.4 Å². The van der Waals surface area contributed by atoms with Crippen molar-refractivity contribution < 1.29 is 14.7 Å². The molecule has 0 unspecified atom stereocenters. The van der Waals surface area contributed by atoms with Crippen LogP contribution in [0.4, 0.5) is 0 Å². The number of phenolic OH excluding ortho intramolecular Hbond substituents is 1. The SMILES string of the molecule is N#CCNC(=O)[C@H](Cc1ccc(O)cc1)NC(=O)c1ccc(CN=[N+]=[N-])cc1. The van der Waals surface area contributed by atoms with Gasteiger partial charge in [0, 0.05) is 16.9 Å². The van der Waals surface area contributed by atoms with Gasteiger partial charge in [0.05, 0.1) is 12.6 Å². The second-order valence-electron chi connectivity index (χ2n) is 5.86. The predicted molar refractivity (Wildman–Crippen MR) is 101 cm³/mol. The molecule has 2 aromatic rings. The first kappa shape index (κ1) is 20.3. The van der Waals surface area contributed by atoms with Crippen molar-refractivity contribution in [3.05, 3.63) is 75.7 Å². The number of amides is 2. The lowest BCUT2D eigenvalue weighted by atomic mass is 10.0. The average Bonchev–Trinajstić information content (AvgIpc) is 2.71. The van der Waals surface area contributed by atoms with Crippen molar-refractivity contribution in [1.29, 1.82) is 5.26 Å². The zero-order chi connectivity index (χ0) is 20.4. The predicted octanol–water partition coefficient (Wildman–Crippen LogP) is 2.18. The Morgan fingerprint density at radius 1 is 1.14 bits per heavy atom. The molecule has 2 aromatic carbocycles. The maximum Gasteiger partial charge on any atom is 0.251 e. The quantitative estimate of drug-likeness (QED) is 0.279. The first-order valence-corrected chi connectivity index (χ1v) is 8.36. The van der Waals surface area contributed by atoms with Crippen LogP contribution in [0.5, 0.6) is 5.75 Å². The summed E-state index contributed by atoms with van der Waals surface area (Å²) in [4.78, 5) is 27.5. The number of nitrogens with one attached hydrogen (secondary N) is 2. The zero-order valence-electron chi connectivity index (χ0n) is 14.9. The van der Waals surface area contributed by atoms with Gasteiger partial charge < -0.3 is 15.7 Å². The van der Waals surface area contributed by atoms with E-state index in [1.807, 2.05) is 6.07 Å². The number of rotatable bonds is 8. The van der Waals surface area contributed by atoms with Crippen LogP contribution in [0.2, 0.25) is 0 Å². The molecule has 2 amide bonds. The summed E-state index contributed by atoms with van der Waals surface area (Å²) in [7, 11) is 0. The minimum atomic E-state index is -0.895. The highest BCUT2D eigenvalue weighted by Crippen LogP contribution is 2.12. The van der Waals surface area contributed by atoms with Crippen LogP contribution in [0.3, 0.4) is 0 Å². The Labute approximate surface area is 161 Å². The van der Waals surface area contributed by atoms with Gasteiger partial charge in [-0.3, -0.25) is 9.59 Å². The van der Waals surface area contributed by atoms with Crippen molar-refractivity contribution in [3.63, 3.8) is 0 Å². The van der Waals surface area contributed by atoms with Gasteiger partial charge in [0.2, 0.25) is 5.91 Å². The van der Waals surface area contributed by atoms with E-state index in [1.165, 1.54) is 12.1 Å². The number of benzene rings is 2. The minimum Gasteiger partial charge on any atom is -0.508 e. The van der Waals surface area contributed by atoms with Gasteiger partial charge in [-0.05, 0) is 40.9 Å². The van der Waals surface area contributed by atoms with Crippen LogP contribution in [-0.2, 0) is 17.8 Å². The number of hydrogen-bond donors (Lipinski definition) is 3. The van der Waals surface area contributed by atoms with E-state index in [1.54, 1.807) is 36.4 Å². The smallest absolute Gasteiger partial charge is 0.251 e. The van der Waals surface area contributed by atoms with Crippen molar-refractivity contribution in [3.8, 4) is 11.8 Å². The number of carbonyl (C=O) groups excluding carboxylic acids is 2. The van der Waals surface area contributed by atoms with Gasteiger partial charge in [-0.15, -0.1) is 0 Å². The third-order valence-electron chi connectivity index (χ3n) is 3.87. The molecule has 1 atom stereocenters. The normalized spacial score (nSPS) is 10.8. The van der Waals surface area contributed by atoms with Gasteiger partial charge in [-0.25, -0.2) is 0 Å². The van der Waals surface area contributed by atoms with E-state index >= 15 is 0 Å². The van der Waals surface area contributed by atoms with Crippen molar-refractivity contribution >= 4 is 11.8 Å². The number of carbonyl (C=O) groups is 2. The Hall–Kier alpha value is -4.02. The van der Waals surface area contributed by atoms with Crippen molar-refractivity contribution in [2.75, 3.05) is 6.54 Å². The van der Waals surface area contributed by atoms with Crippen LogP contribution in [-0.4, -0.2) is 29.5 Å². The first-order valence-electron chi connectivity index (χ1n) is 8.36. The first-order chi connectivity index (χ1) is 13.5. The molecule has 0 saturated carbocycles. The molecule has 0 radical (unpaired) electrons. The molecule has 9 nitrogen and oxygen atoms in total. The van der Waals surface area contributed by atoms with E-state index < -0.39 is 17.9 Å². The number of nitriles is 1. The van der Waals surface area contributed by atoms with Crippen molar-refractivity contribution in [2.24, 2.45) is 5.11 Å². The molecule has 0 fully saturated rings. The van der Waals surface area contributed by atoms with Gasteiger partial charge in [-0.1, -0.05) is 29.4 Å². The highest BCUT2D eigenvalue weighted by Gasteiger charge is 2.21. The number of aromatic hydroxyl groups is 1. The van der Waals surface area contributed by atoms with Crippen molar-refractivity contribution in [1.82, 2.24) is 10.6 Å². The topological polar surface area (TPSA) is 151 Å². The third kappa shape index (κ3) is 6.05. The molecule has 0 bridgehead atoms. The lowest BCUT2D eigenvalue weighted by Gasteiger charge is -2.18. The van der Waals surface area contributed by atoms with Gasteiger partial charge >= 0.3 is 0 Å². The summed E-state index contributed by atoms with van der Waals surface area (Å²) in [5, 5.41) is 26.6. The van der Waals surface area contributed by atoms with Crippen LogP contribution in [0, 0.1) is 11.3 Å². The molecule has 142 valence electrons. The summed E-state index contributed by atoms with van der Waals surface area (Å²) < 4.78 is 0. The number of nitrogens with zero attached hydrogens (tertiary/aromatic N) is 4. The second kappa shape index (κ2) is 10.2. The molecule has 0 spiro atoms. The van der Waals surface area contributed by atoms with Gasteiger partial charge in [0.25, 0.3) is 5.91 Å². The molecule has 2 rings (SSSR count). The summed E-state index contributed by atoms with van der Waals surface area (Å²) in [5.41, 5.74) is 10.2. The number of phenols is 1. The second-order valence-corrected chi connectivity index (χ2v) is 5.86. The molecule has 0 aromatic heterocycles. The van der Waals surface area contributed by atoms with Crippen LogP contribution in [0.15, 0.2) is 53.6 Å². The summed E-state index contributed by atoms with van der Waals surface area (Å²) in [6.07, 6.45) is 0.193. The standard InChI is InChI=1S/C19H18N6O3/c20-9-10-22-19(28)17(11-13-3-7-16(26)8-4-13)24-18(27)15-5-1-14(2-6-15)12-23-25-21/h1-8,17,26H,10-12H2,(H,22,28)(H,24,27)/t17-/m0/s1. The van der Waals surface area contributed by atoms with Crippen LogP contribution in [0.1, 0.15) is 21.5 Å². The fourth-order valence-corrected chi connectivity index (χ4v) is 2.44. The largest absolute Gasteiger partial charge is 0.508 e. The molecule has 0 aliphatic carbocycles. The molecular weight excluding hydrogens is 360 g/mol. The summed E-state index contributed by atoms with van der Waals surface area (Å²) in [5.74, 6) is -0.840. The molecule has 9 heteroatoms. The maximum absolute atomic E-state index is 12.5. The minimum absolute atomic E-state index is 0.0964. The Bertz CT molecular complexity index is 912. The zero-order valence-corrected chi connectivity index (χ0v) is 14.9. The molecule has 3 N–H and O–H groups in total. The van der Waals surface area contributed by atoms with Crippen LogP contribution < -0.4 is 10.6 Å².